The number of carbonyl (C=O) groups excluding carboxylic acids is 1. The van der Waals surface area contributed by atoms with Crippen molar-refractivity contribution in [1.29, 1.82) is 0 Å². The second-order valence-corrected chi connectivity index (χ2v) is 4.09. The van der Waals surface area contributed by atoms with Gasteiger partial charge < -0.3 is 5.32 Å². The van der Waals surface area contributed by atoms with Gasteiger partial charge in [-0.05, 0) is 24.3 Å². The van der Waals surface area contributed by atoms with Crippen LogP contribution in [-0.2, 0) is 0 Å². The summed E-state index contributed by atoms with van der Waals surface area (Å²) in [6, 6.07) is 8.79. The smallest absolute Gasteiger partial charge is 0.256 e. The summed E-state index contributed by atoms with van der Waals surface area (Å²) in [5.74, 6) is 0.249. The number of amides is 1. The highest BCUT2D eigenvalue weighted by atomic mass is 16.1. The lowest BCUT2D eigenvalue weighted by Crippen LogP contribution is -2.11. The van der Waals surface area contributed by atoms with E-state index < -0.39 is 0 Å². The molecule has 3 aromatic heterocycles. The topological polar surface area (TPSA) is 83.6 Å². The molecule has 0 aliphatic heterocycles. The Labute approximate surface area is 114 Å². The van der Waals surface area contributed by atoms with Crippen LogP contribution >= 0.6 is 0 Å². The fourth-order valence-electron chi connectivity index (χ4n) is 1.76. The first kappa shape index (κ1) is 12.0. The van der Waals surface area contributed by atoms with Crippen LogP contribution in [0.4, 0.5) is 5.82 Å². The Morgan fingerprint density at radius 1 is 1.00 bits per heavy atom. The molecule has 0 atom stereocenters. The fourth-order valence-corrected chi connectivity index (χ4v) is 1.76. The van der Waals surface area contributed by atoms with E-state index in [2.05, 4.69) is 25.5 Å². The molecule has 0 saturated carbocycles. The number of aromatic amines is 1. The van der Waals surface area contributed by atoms with Gasteiger partial charge in [-0.3, -0.25) is 19.9 Å². The zero-order valence-electron chi connectivity index (χ0n) is 10.4. The fraction of sp³-hybridized carbons (Fsp3) is 0. The molecule has 1 amide bonds. The van der Waals surface area contributed by atoms with E-state index in [1.807, 2.05) is 12.1 Å². The summed E-state index contributed by atoms with van der Waals surface area (Å²) in [6.07, 6.45) is 6.54. The molecule has 0 bridgehead atoms. The zero-order chi connectivity index (χ0) is 13.8. The highest BCUT2D eigenvalue weighted by Gasteiger charge is 2.08. The molecule has 98 valence electrons. The summed E-state index contributed by atoms with van der Waals surface area (Å²) in [7, 11) is 0. The predicted octanol–water partition coefficient (Wildman–Crippen LogP) is 2.12. The third kappa shape index (κ3) is 2.54. The van der Waals surface area contributed by atoms with Gasteiger partial charge >= 0.3 is 0 Å². The minimum atomic E-state index is -0.222. The molecule has 0 aromatic carbocycles. The molecular weight excluding hydrogens is 254 g/mol. The SMILES string of the molecule is O=C(Nc1cc(-c2ccncc2)[nH]n1)c1ccncc1. The number of nitrogens with one attached hydrogen (secondary N) is 2. The Bertz CT molecular complexity index is 709. The lowest BCUT2D eigenvalue weighted by Gasteiger charge is -2.00. The molecule has 2 N–H and O–H groups in total. The number of carbonyl (C=O) groups is 1. The van der Waals surface area contributed by atoms with Gasteiger partial charge in [-0.15, -0.1) is 0 Å². The molecule has 6 heteroatoms. The highest BCUT2D eigenvalue weighted by Crippen LogP contribution is 2.18. The molecule has 0 aliphatic carbocycles. The Morgan fingerprint density at radius 2 is 1.65 bits per heavy atom. The maximum absolute atomic E-state index is 12.0. The Balaban J connectivity index is 1.77. The van der Waals surface area contributed by atoms with Gasteiger partial charge in [0, 0.05) is 42.0 Å². The van der Waals surface area contributed by atoms with Crippen molar-refractivity contribution in [3.63, 3.8) is 0 Å². The molecule has 0 spiro atoms. The van der Waals surface area contributed by atoms with Crippen LogP contribution in [0.1, 0.15) is 10.4 Å². The van der Waals surface area contributed by atoms with Crippen molar-refractivity contribution in [1.82, 2.24) is 20.2 Å². The quantitative estimate of drug-likeness (QED) is 0.759. The second kappa shape index (κ2) is 5.31. The lowest BCUT2D eigenvalue weighted by molar-refractivity contribution is 0.102. The number of rotatable bonds is 3. The molecule has 0 saturated heterocycles. The van der Waals surface area contributed by atoms with Gasteiger partial charge in [0.2, 0.25) is 0 Å². The van der Waals surface area contributed by atoms with Crippen molar-refractivity contribution in [3.05, 3.63) is 60.7 Å². The first-order chi connectivity index (χ1) is 9.83. The van der Waals surface area contributed by atoms with Gasteiger partial charge in [0.1, 0.15) is 0 Å². The molecule has 3 aromatic rings. The molecule has 3 rings (SSSR count). The summed E-state index contributed by atoms with van der Waals surface area (Å²) < 4.78 is 0. The number of aromatic nitrogens is 4. The van der Waals surface area contributed by atoms with Crippen molar-refractivity contribution >= 4 is 11.7 Å². The third-order valence-electron chi connectivity index (χ3n) is 2.75. The van der Waals surface area contributed by atoms with Crippen LogP contribution in [0.15, 0.2) is 55.1 Å². The van der Waals surface area contributed by atoms with Gasteiger partial charge in [-0.25, -0.2) is 0 Å². The van der Waals surface area contributed by atoms with Crippen LogP contribution in [0.2, 0.25) is 0 Å². The number of hydrogen-bond donors (Lipinski definition) is 2. The number of H-pyrrole nitrogens is 1. The van der Waals surface area contributed by atoms with Crippen molar-refractivity contribution in [3.8, 4) is 11.3 Å². The third-order valence-corrected chi connectivity index (χ3v) is 2.75. The minimum Gasteiger partial charge on any atom is -0.305 e. The van der Waals surface area contributed by atoms with Gasteiger partial charge in [-0.1, -0.05) is 0 Å². The number of nitrogens with zero attached hydrogens (tertiary/aromatic N) is 3. The predicted molar refractivity (Wildman–Crippen MR) is 74.0 cm³/mol. The van der Waals surface area contributed by atoms with E-state index in [9.17, 15) is 4.79 Å². The molecule has 0 radical (unpaired) electrons. The van der Waals surface area contributed by atoms with E-state index in [4.69, 9.17) is 0 Å². The van der Waals surface area contributed by atoms with Crippen molar-refractivity contribution in [2.75, 3.05) is 5.32 Å². The first-order valence-electron chi connectivity index (χ1n) is 6.00. The normalized spacial score (nSPS) is 10.2. The van der Waals surface area contributed by atoms with E-state index >= 15 is 0 Å². The largest absolute Gasteiger partial charge is 0.305 e. The molecule has 0 fully saturated rings. The lowest BCUT2D eigenvalue weighted by atomic mass is 10.2. The van der Waals surface area contributed by atoms with Gasteiger partial charge in [0.05, 0.1) is 5.69 Å². The van der Waals surface area contributed by atoms with Gasteiger partial charge in [0.25, 0.3) is 5.91 Å². The van der Waals surface area contributed by atoms with E-state index in [1.54, 1.807) is 43.0 Å². The Kier molecular flexibility index (Phi) is 3.20. The minimum absolute atomic E-state index is 0.222. The van der Waals surface area contributed by atoms with Gasteiger partial charge in [0.15, 0.2) is 5.82 Å². The van der Waals surface area contributed by atoms with Crippen LogP contribution < -0.4 is 5.32 Å². The molecule has 3 heterocycles. The Morgan fingerprint density at radius 3 is 2.35 bits per heavy atom. The maximum Gasteiger partial charge on any atom is 0.256 e. The summed E-state index contributed by atoms with van der Waals surface area (Å²) in [5.41, 5.74) is 2.31. The van der Waals surface area contributed by atoms with Crippen LogP contribution in [-0.4, -0.2) is 26.1 Å². The van der Waals surface area contributed by atoms with Crippen LogP contribution in [0.5, 0.6) is 0 Å². The summed E-state index contributed by atoms with van der Waals surface area (Å²) >= 11 is 0. The molecule has 0 aliphatic rings. The Hall–Kier alpha value is -3.02. The second-order valence-electron chi connectivity index (χ2n) is 4.09. The van der Waals surface area contributed by atoms with E-state index in [0.717, 1.165) is 11.3 Å². The van der Waals surface area contributed by atoms with Gasteiger partial charge in [-0.2, -0.15) is 5.10 Å². The number of pyridine rings is 2. The summed E-state index contributed by atoms with van der Waals surface area (Å²) in [4.78, 5) is 19.8. The molecule has 0 unspecified atom stereocenters. The summed E-state index contributed by atoms with van der Waals surface area (Å²) in [6.45, 7) is 0. The summed E-state index contributed by atoms with van der Waals surface area (Å²) in [5, 5.41) is 9.66. The molecular formula is C14H11N5O. The number of anilines is 1. The van der Waals surface area contributed by atoms with Crippen molar-refractivity contribution < 1.29 is 4.79 Å². The average molecular weight is 265 g/mol. The zero-order valence-corrected chi connectivity index (χ0v) is 10.4. The van der Waals surface area contributed by atoms with Crippen LogP contribution in [0, 0.1) is 0 Å². The van der Waals surface area contributed by atoms with Crippen LogP contribution in [0.25, 0.3) is 11.3 Å². The van der Waals surface area contributed by atoms with Crippen molar-refractivity contribution in [2.45, 2.75) is 0 Å². The van der Waals surface area contributed by atoms with Crippen LogP contribution in [0.3, 0.4) is 0 Å². The highest BCUT2D eigenvalue weighted by molar-refractivity contribution is 6.03. The standard InChI is InChI=1S/C14H11N5O/c20-14(11-3-7-16-8-4-11)17-13-9-12(18-19-13)10-1-5-15-6-2-10/h1-9H,(H2,17,18,19,20). The van der Waals surface area contributed by atoms with Crippen molar-refractivity contribution in [2.24, 2.45) is 0 Å². The van der Waals surface area contributed by atoms with E-state index in [1.165, 1.54) is 0 Å². The molecule has 6 nitrogen and oxygen atoms in total. The van der Waals surface area contributed by atoms with E-state index in [-0.39, 0.29) is 5.91 Å². The van der Waals surface area contributed by atoms with E-state index in [0.29, 0.717) is 11.4 Å². The average Bonchev–Trinajstić information content (AvgIpc) is 2.97. The first-order valence-corrected chi connectivity index (χ1v) is 6.00. The monoisotopic (exact) mass is 265 g/mol. The molecule has 20 heavy (non-hydrogen) atoms. The maximum atomic E-state index is 12.0. The number of hydrogen-bond acceptors (Lipinski definition) is 4.